The van der Waals surface area contributed by atoms with Crippen molar-refractivity contribution in [3.05, 3.63) is 69.8 Å². The molecule has 0 unspecified atom stereocenters. The van der Waals surface area contributed by atoms with E-state index in [1.807, 2.05) is 0 Å². The maximum atomic E-state index is 2.74. The van der Waals surface area contributed by atoms with E-state index in [1.54, 1.807) is 65.7 Å². The third-order valence-corrected chi connectivity index (χ3v) is 43.8. The average Bonchev–Trinajstić information content (AvgIpc) is 3.41. The molecule has 0 bridgehead atoms. The van der Waals surface area contributed by atoms with Gasteiger partial charge in [0.05, 0.1) is 48.4 Å². The zero-order valence-corrected chi connectivity index (χ0v) is 38.0. The molecule has 0 N–H and O–H groups in total. The third kappa shape index (κ3) is 3.12. The summed E-state index contributed by atoms with van der Waals surface area (Å²) in [5.74, 6) is 0. The smallest absolute Gasteiger partial charge is 0.0579 e. The van der Waals surface area contributed by atoms with Crippen molar-refractivity contribution in [2.45, 2.75) is 132 Å². The Balaban J connectivity index is 1.91. The molecule has 0 heterocycles. The fraction of sp³-hybridized carbons (Fsp3) is 0.538. The van der Waals surface area contributed by atoms with Crippen LogP contribution in [0.2, 0.25) is 118 Å². The molecule has 0 spiro atoms. The van der Waals surface area contributed by atoms with Crippen LogP contribution in [-0.4, -0.2) is 48.4 Å². The van der Waals surface area contributed by atoms with Gasteiger partial charge in [0.25, 0.3) is 0 Å². The van der Waals surface area contributed by atoms with E-state index in [0.29, 0.717) is 0 Å². The quantitative estimate of drug-likeness (QED) is 0.139. The molecule has 0 saturated heterocycles. The predicted octanol–water partition coefficient (Wildman–Crippen LogP) is 12.2. The minimum absolute atomic E-state index is 0.199. The largest absolute Gasteiger partial charge is 0.0688 e. The summed E-state index contributed by atoms with van der Waals surface area (Å²) in [6, 6.07) is 16.4. The molecule has 45 heavy (non-hydrogen) atoms. The van der Waals surface area contributed by atoms with Gasteiger partial charge in [0, 0.05) is 14.0 Å². The lowest BCUT2D eigenvalue weighted by molar-refractivity contribution is 0.940. The van der Waals surface area contributed by atoms with Crippen LogP contribution in [-0.2, 0) is 14.0 Å². The summed E-state index contributed by atoms with van der Waals surface area (Å²) in [5.41, 5.74) is 10.4. The highest BCUT2D eigenvalue weighted by Crippen LogP contribution is 2.69. The molecule has 7 rings (SSSR count). The molecule has 4 aromatic carbocycles. The first-order valence-corrected chi connectivity index (χ1v) is 38.7. The van der Waals surface area contributed by atoms with E-state index >= 15 is 0 Å². The lowest BCUT2D eigenvalue weighted by Crippen LogP contribution is -2.64. The minimum atomic E-state index is -1.76. The Morgan fingerprint density at radius 2 is 0.356 bits per heavy atom. The average molecular weight is 697 g/mol. The normalized spacial score (nSPS) is 19.9. The second kappa shape index (κ2) is 8.39. The standard InChI is InChI=1S/C39H60Si6/c1-40(2,3)37(41(4,5)6)25-19-21-27-33-31(25)32-26(37)20-22-28-34(32)36-30(39(28,44(13,14)15)45(16,17)18)24-23-29(35(33)36)38(27,42(7,8)9)43(10,11)12/h19-24H,1-18H3. The Labute approximate surface area is 280 Å². The van der Waals surface area contributed by atoms with Crippen molar-refractivity contribution in [1.29, 1.82) is 0 Å². The van der Waals surface area contributed by atoms with Crippen molar-refractivity contribution in [3.63, 3.8) is 0 Å². The van der Waals surface area contributed by atoms with Crippen LogP contribution in [0, 0.1) is 0 Å². The summed E-state index contributed by atoms with van der Waals surface area (Å²) in [6.45, 7) is 48.7. The molecule has 0 fully saturated rings. The lowest BCUT2D eigenvalue weighted by atomic mass is 9.95. The molecule has 0 amide bonds. The van der Waals surface area contributed by atoms with Crippen LogP contribution in [0.1, 0.15) is 33.4 Å². The Kier molecular flexibility index (Phi) is 6.06. The monoisotopic (exact) mass is 696 g/mol. The van der Waals surface area contributed by atoms with Gasteiger partial charge in [-0.05, 0) is 65.7 Å². The van der Waals surface area contributed by atoms with E-state index in [1.165, 1.54) is 0 Å². The molecule has 0 saturated carbocycles. The van der Waals surface area contributed by atoms with Crippen molar-refractivity contribution in [3.8, 4) is 0 Å². The Morgan fingerprint density at radius 1 is 0.244 bits per heavy atom. The topological polar surface area (TPSA) is 0 Å². The molecule has 4 aromatic rings. The summed E-state index contributed by atoms with van der Waals surface area (Å²) in [5, 5.41) is 10.3. The minimum Gasteiger partial charge on any atom is -0.0688 e. The maximum Gasteiger partial charge on any atom is 0.0579 e. The van der Waals surface area contributed by atoms with E-state index in [0.717, 1.165) is 0 Å². The Bertz CT molecular complexity index is 1600. The van der Waals surface area contributed by atoms with Crippen LogP contribution in [0.3, 0.4) is 0 Å². The molecule has 0 aliphatic heterocycles. The first kappa shape index (κ1) is 32.5. The van der Waals surface area contributed by atoms with Crippen molar-refractivity contribution >= 4 is 80.8 Å². The van der Waals surface area contributed by atoms with E-state index in [4.69, 9.17) is 0 Å². The predicted molar refractivity (Wildman–Crippen MR) is 221 cm³/mol. The molecule has 3 aliphatic rings. The van der Waals surface area contributed by atoms with Crippen molar-refractivity contribution in [2.24, 2.45) is 0 Å². The van der Waals surface area contributed by atoms with E-state index in [-0.39, 0.29) is 14.0 Å². The highest BCUT2D eigenvalue weighted by Gasteiger charge is 2.65. The van der Waals surface area contributed by atoms with E-state index in [2.05, 4.69) is 154 Å². The molecule has 0 nitrogen and oxygen atoms in total. The number of hydrogen-bond acceptors (Lipinski definition) is 0. The van der Waals surface area contributed by atoms with Crippen LogP contribution < -0.4 is 0 Å². The summed E-state index contributed by atoms with van der Waals surface area (Å²) < 4.78 is 0.596. The number of hydrogen-bond donors (Lipinski definition) is 0. The molecular formula is C39H60Si6. The van der Waals surface area contributed by atoms with Gasteiger partial charge in [0.2, 0.25) is 0 Å². The Morgan fingerprint density at radius 3 is 0.444 bits per heavy atom. The van der Waals surface area contributed by atoms with Crippen LogP contribution in [0.15, 0.2) is 36.4 Å². The molecule has 3 aliphatic carbocycles. The molecule has 0 radical (unpaired) electrons. The van der Waals surface area contributed by atoms with Crippen molar-refractivity contribution in [2.75, 3.05) is 0 Å². The van der Waals surface area contributed by atoms with Gasteiger partial charge in [-0.15, -0.1) is 0 Å². The summed E-state index contributed by atoms with van der Waals surface area (Å²) in [6.07, 6.45) is 0. The molecule has 240 valence electrons. The SMILES string of the molecule is C[Si](C)(C)C1([Si](C)(C)C)c2ccc3c4c2c2c1ccc1c2c2c(ccc(c42)C3([Si](C)(C)C)[Si](C)(C)C)C1([Si](C)(C)C)[Si](C)(C)C. The van der Waals surface area contributed by atoms with Crippen LogP contribution in [0.25, 0.3) is 32.3 Å². The van der Waals surface area contributed by atoms with Crippen LogP contribution in [0.5, 0.6) is 0 Å². The van der Waals surface area contributed by atoms with E-state index in [9.17, 15) is 0 Å². The van der Waals surface area contributed by atoms with Gasteiger partial charge in [-0.3, -0.25) is 0 Å². The summed E-state index contributed by atoms with van der Waals surface area (Å²) in [4.78, 5) is 0. The lowest BCUT2D eigenvalue weighted by Gasteiger charge is -2.52. The van der Waals surface area contributed by atoms with E-state index < -0.39 is 48.4 Å². The van der Waals surface area contributed by atoms with Gasteiger partial charge in [-0.1, -0.05) is 154 Å². The fourth-order valence-corrected chi connectivity index (χ4v) is 53.1. The second-order valence-corrected chi connectivity index (χ2v) is 54.5. The first-order chi connectivity index (χ1) is 20.2. The molecule has 0 aromatic heterocycles. The highest BCUT2D eigenvalue weighted by atomic mass is 28.4. The van der Waals surface area contributed by atoms with Gasteiger partial charge < -0.3 is 0 Å². The van der Waals surface area contributed by atoms with Gasteiger partial charge >= 0.3 is 0 Å². The van der Waals surface area contributed by atoms with Crippen molar-refractivity contribution in [1.82, 2.24) is 0 Å². The summed E-state index contributed by atoms with van der Waals surface area (Å²) >= 11 is 0. The van der Waals surface area contributed by atoms with Crippen LogP contribution >= 0.6 is 0 Å². The van der Waals surface area contributed by atoms with Gasteiger partial charge in [-0.25, -0.2) is 0 Å². The first-order valence-electron chi connectivity index (χ1n) is 17.7. The molecule has 6 heteroatoms. The zero-order valence-electron chi connectivity index (χ0n) is 32.0. The number of benzene rings is 4. The van der Waals surface area contributed by atoms with Gasteiger partial charge in [0.1, 0.15) is 0 Å². The zero-order chi connectivity index (χ0) is 33.7. The second-order valence-electron chi connectivity index (χ2n) is 21.5. The van der Waals surface area contributed by atoms with Crippen molar-refractivity contribution < 1.29 is 0 Å². The maximum absolute atomic E-state index is 2.74. The van der Waals surface area contributed by atoms with Gasteiger partial charge in [-0.2, -0.15) is 0 Å². The molecule has 0 atom stereocenters. The Hall–Kier alpha value is -1.04. The van der Waals surface area contributed by atoms with Crippen LogP contribution in [0.4, 0.5) is 0 Å². The third-order valence-electron chi connectivity index (χ3n) is 13.5. The fourth-order valence-electron chi connectivity index (χ4n) is 13.9. The van der Waals surface area contributed by atoms with Gasteiger partial charge in [0.15, 0.2) is 0 Å². The highest BCUT2D eigenvalue weighted by molar-refractivity contribution is 7.02. The summed E-state index contributed by atoms with van der Waals surface area (Å²) in [7, 11) is -10.5. The number of rotatable bonds is 6. The molecular weight excluding hydrogens is 637 g/mol.